The normalized spacial score (nSPS) is 14.6. The highest BCUT2D eigenvalue weighted by Gasteiger charge is 2.18. The van der Waals surface area contributed by atoms with E-state index in [1.807, 2.05) is 26.0 Å². The molecule has 0 aliphatic carbocycles. The summed E-state index contributed by atoms with van der Waals surface area (Å²) in [4.78, 5) is 0. The quantitative estimate of drug-likeness (QED) is 0.852. The van der Waals surface area contributed by atoms with Gasteiger partial charge in [-0.3, -0.25) is 0 Å². The van der Waals surface area contributed by atoms with Crippen molar-refractivity contribution in [2.45, 2.75) is 19.9 Å². The molecule has 0 bridgehead atoms. The minimum Gasteiger partial charge on any atom is -0.496 e. The molecule has 90 valence electrons. The van der Waals surface area contributed by atoms with Gasteiger partial charge in [0.05, 0.1) is 7.11 Å². The molecule has 4 heteroatoms. The number of nitrogens with two attached hydrogens (primary N) is 2. The molecule has 0 saturated heterocycles. The van der Waals surface area contributed by atoms with Crippen molar-refractivity contribution in [3.63, 3.8) is 0 Å². The van der Waals surface area contributed by atoms with Gasteiger partial charge in [0.1, 0.15) is 5.75 Å². The number of hydrogen-bond donors (Lipinski definition) is 2. The van der Waals surface area contributed by atoms with Gasteiger partial charge in [-0.2, -0.15) is 0 Å². The molecule has 0 radical (unpaired) electrons. The maximum atomic E-state index is 6.13. The zero-order valence-corrected chi connectivity index (χ0v) is 10.7. The molecule has 4 N–H and O–H groups in total. The molecule has 0 aliphatic rings. The van der Waals surface area contributed by atoms with Gasteiger partial charge in [-0.05, 0) is 37.1 Å². The Bertz CT molecular complexity index is 368. The van der Waals surface area contributed by atoms with Crippen LogP contribution in [0.25, 0.3) is 0 Å². The Kier molecular flexibility index (Phi) is 4.59. The van der Waals surface area contributed by atoms with Gasteiger partial charge in [-0.15, -0.1) is 0 Å². The van der Waals surface area contributed by atoms with Crippen molar-refractivity contribution in [2.75, 3.05) is 13.7 Å². The summed E-state index contributed by atoms with van der Waals surface area (Å²) in [6.45, 7) is 4.49. The maximum absolute atomic E-state index is 6.13. The maximum Gasteiger partial charge on any atom is 0.124 e. The molecule has 2 unspecified atom stereocenters. The Morgan fingerprint density at radius 3 is 2.56 bits per heavy atom. The Hall–Kier alpha value is -0.770. The number of ether oxygens (including phenoxy) is 1. The van der Waals surface area contributed by atoms with Crippen LogP contribution in [0.5, 0.6) is 5.75 Å². The van der Waals surface area contributed by atoms with Gasteiger partial charge >= 0.3 is 0 Å². The molecule has 0 aliphatic heterocycles. The standard InChI is InChI=1S/C12H19ClN2O/c1-7-4-11(16-3)9(5-10(7)13)12(15)8(2)6-14/h4-5,8,12H,6,14-15H2,1-3H3. The summed E-state index contributed by atoms with van der Waals surface area (Å²) in [5.74, 6) is 0.961. The Morgan fingerprint density at radius 1 is 1.44 bits per heavy atom. The Morgan fingerprint density at radius 2 is 2.06 bits per heavy atom. The molecular weight excluding hydrogens is 224 g/mol. The molecule has 3 nitrogen and oxygen atoms in total. The monoisotopic (exact) mass is 242 g/mol. The molecular formula is C12H19ClN2O. The van der Waals surface area contributed by atoms with Crippen molar-refractivity contribution in [2.24, 2.45) is 17.4 Å². The molecule has 0 heterocycles. The fourth-order valence-corrected chi connectivity index (χ4v) is 1.73. The number of hydrogen-bond acceptors (Lipinski definition) is 3. The van der Waals surface area contributed by atoms with Crippen molar-refractivity contribution in [1.82, 2.24) is 0 Å². The molecule has 1 rings (SSSR count). The summed E-state index contributed by atoms with van der Waals surface area (Å²) in [6.07, 6.45) is 0. The van der Waals surface area contributed by atoms with Crippen molar-refractivity contribution in [3.05, 3.63) is 28.3 Å². The summed E-state index contributed by atoms with van der Waals surface area (Å²) in [7, 11) is 1.63. The van der Waals surface area contributed by atoms with Crippen LogP contribution < -0.4 is 16.2 Å². The lowest BCUT2D eigenvalue weighted by Crippen LogP contribution is -2.26. The van der Waals surface area contributed by atoms with Crippen LogP contribution in [-0.4, -0.2) is 13.7 Å². The first-order chi connectivity index (χ1) is 7.51. The van der Waals surface area contributed by atoms with E-state index in [0.717, 1.165) is 16.9 Å². The zero-order valence-electron chi connectivity index (χ0n) is 9.96. The smallest absolute Gasteiger partial charge is 0.124 e. The third kappa shape index (κ3) is 2.67. The summed E-state index contributed by atoms with van der Waals surface area (Å²) in [5, 5.41) is 0.704. The summed E-state index contributed by atoms with van der Waals surface area (Å²) >= 11 is 6.09. The third-order valence-electron chi connectivity index (χ3n) is 2.85. The van der Waals surface area contributed by atoms with E-state index in [1.165, 1.54) is 0 Å². The second-order valence-corrected chi connectivity index (χ2v) is 4.49. The van der Waals surface area contributed by atoms with Crippen LogP contribution in [0, 0.1) is 12.8 Å². The Labute approximate surface area is 102 Å². The second kappa shape index (κ2) is 5.53. The van der Waals surface area contributed by atoms with Crippen LogP contribution in [0.4, 0.5) is 0 Å². The topological polar surface area (TPSA) is 61.3 Å². The fraction of sp³-hybridized carbons (Fsp3) is 0.500. The molecule has 1 aromatic carbocycles. The molecule has 0 spiro atoms. The van der Waals surface area contributed by atoms with Crippen LogP contribution in [0.2, 0.25) is 5.02 Å². The van der Waals surface area contributed by atoms with E-state index >= 15 is 0 Å². The van der Waals surface area contributed by atoms with Crippen LogP contribution in [-0.2, 0) is 0 Å². The van der Waals surface area contributed by atoms with Gasteiger partial charge in [0.15, 0.2) is 0 Å². The van der Waals surface area contributed by atoms with E-state index in [-0.39, 0.29) is 12.0 Å². The van der Waals surface area contributed by atoms with Gasteiger partial charge in [0.2, 0.25) is 0 Å². The van der Waals surface area contributed by atoms with Crippen molar-refractivity contribution >= 4 is 11.6 Å². The van der Waals surface area contributed by atoms with Crippen LogP contribution in [0.3, 0.4) is 0 Å². The van der Waals surface area contributed by atoms with Crippen LogP contribution in [0.15, 0.2) is 12.1 Å². The molecule has 16 heavy (non-hydrogen) atoms. The second-order valence-electron chi connectivity index (χ2n) is 4.08. The lowest BCUT2D eigenvalue weighted by atomic mass is 9.94. The van der Waals surface area contributed by atoms with Crippen LogP contribution >= 0.6 is 11.6 Å². The summed E-state index contributed by atoms with van der Waals surface area (Å²) < 4.78 is 5.32. The third-order valence-corrected chi connectivity index (χ3v) is 3.26. The molecule has 0 aromatic heterocycles. The van der Waals surface area contributed by atoms with E-state index < -0.39 is 0 Å². The molecule has 2 atom stereocenters. The average molecular weight is 243 g/mol. The Balaban J connectivity index is 3.16. The molecule has 0 saturated carbocycles. The first kappa shape index (κ1) is 13.3. The molecule has 1 aromatic rings. The van der Waals surface area contributed by atoms with E-state index in [9.17, 15) is 0 Å². The SMILES string of the molecule is COc1cc(C)c(Cl)cc1C(N)C(C)CN. The van der Waals surface area contributed by atoms with Crippen molar-refractivity contribution < 1.29 is 4.74 Å². The first-order valence-electron chi connectivity index (χ1n) is 5.31. The number of aryl methyl sites for hydroxylation is 1. The molecule has 0 fully saturated rings. The van der Waals surface area contributed by atoms with Crippen molar-refractivity contribution in [3.8, 4) is 5.75 Å². The predicted molar refractivity (Wildman–Crippen MR) is 67.9 cm³/mol. The van der Waals surface area contributed by atoms with E-state index in [1.54, 1.807) is 7.11 Å². The van der Waals surface area contributed by atoms with Gasteiger partial charge in [0.25, 0.3) is 0 Å². The zero-order chi connectivity index (χ0) is 12.3. The summed E-state index contributed by atoms with van der Waals surface area (Å²) in [6, 6.07) is 3.62. The number of methoxy groups -OCH3 is 1. The van der Waals surface area contributed by atoms with Gasteiger partial charge in [-0.1, -0.05) is 18.5 Å². The average Bonchev–Trinajstić information content (AvgIpc) is 2.30. The lowest BCUT2D eigenvalue weighted by Gasteiger charge is -2.21. The van der Waals surface area contributed by atoms with Crippen molar-refractivity contribution in [1.29, 1.82) is 0 Å². The highest BCUT2D eigenvalue weighted by atomic mass is 35.5. The minimum absolute atomic E-state index is 0.155. The minimum atomic E-state index is -0.155. The first-order valence-corrected chi connectivity index (χ1v) is 5.68. The van der Waals surface area contributed by atoms with E-state index in [2.05, 4.69) is 0 Å². The van der Waals surface area contributed by atoms with Gasteiger partial charge in [-0.25, -0.2) is 0 Å². The largest absolute Gasteiger partial charge is 0.496 e. The number of rotatable bonds is 4. The number of benzene rings is 1. The fourth-order valence-electron chi connectivity index (χ4n) is 1.56. The van der Waals surface area contributed by atoms with Gasteiger partial charge in [0, 0.05) is 16.6 Å². The number of halogens is 1. The highest BCUT2D eigenvalue weighted by molar-refractivity contribution is 6.31. The summed E-state index contributed by atoms with van der Waals surface area (Å²) in [5.41, 5.74) is 13.6. The lowest BCUT2D eigenvalue weighted by molar-refractivity contribution is 0.392. The predicted octanol–water partition coefficient (Wildman–Crippen LogP) is 2.25. The molecule has 0 amide bonds. The van der Waals surface area contributed by atoms with Crippen LogP contribution in [0.1, 0.15) is 24.1 Å². The van der Waals surface area contributed by atoms with Gasteiger partial charge < -0.3 is 16.2 Å². The highest BCUT2D eigenvalue weighted by Crippen LogP contribution is 2.32. The van der Waals surface area contributed by atoms with E-state index in [0.29, 0.717) is 11.6 Å². The van der Waals surface area contributed by atoms with E-state index in [4.69, 9.17) is 27.8 Å².